The van der Waals surface area contributed by atoms with E-state index in [1.54, 1.807) is 6.07 Å². The van der Waals surface area contributed by atoms with Crippen molar-refractivity contribution < 1.29 is 4.79 Å². The first kappa shape index (κ1) is 17.6. The highest BCUT2D eigenvalue weighted by atomic mass is 16.1. The first-order chi connectivity index (χ1) is 13.7. The zero-order valence-corrected chi connectivity index (χ0v) is 15.4. The van der Waals surface area contributed by atoms with Gasteiger partial charge in [-0.3, -0.25) is 4.79 Å². The molecule has 6 nitrogen and oxygen atoms in total. The summed E-state index contributed by atoms with van der Waals surface area (Å²) in [6.07, 6.45) is 1.47. The number of para-hydroxylation sites is 1. The molecule has 4 aromatic rings. The van der Waals surface area contributed by atoms with Crippen molar-refractivity contribution in [1.29, 1.82) is 0 Å². The fraction of sp³-hybridized carbons (Fsp3) is 0.0909. The molecule has 1 amide bonds. The summed E-state index contributed by atoms with van der Waals surface area (Å²) in [6, 6.07) is 23.8. The smallest absolute Gasteiger partial charge is 0.253 e. The number of hydrogen-bond acceptors (Lipinski definition) is 4. The zero-order chi connectivity index (χ0) is 19.3. The quantitative estimate of drug-likeness (QED) is 0.584. The molecule has 6 heteroatoms. The third-order valence-electron chi connectivity index (χ3n) is 4.48. The number of carbonyl (C=O) groups is 1. The van der Waals surface area contributed by atoms with Crippen molar-refractivity contribution in [2.24, 2.45) is 0 Å². The Kier molecular flexibility index (Phi) is 4.93. The summed E-state index contributed by atoms with van der Waals surface area (Å²) in [6.45, 7) is 2.51. The molecule has 0 aliphatic rings. The van der Waals surface area contributed by atoms with Crippen LogP contribution in [0.5, 0.6) is 0 Å². The molecule has 0 saturated carbocycles. The van der Waals surface area contributed by atoms with Gasteiger partial charge in [-0.05, 0) is 52.2 Å². The first-order valence-corrected chi connectivity index (χ1v) is 8.97. The number of hydrogen-bond donors (Lipinski definition) is 1. The molecule has 0 unspecified atom stereocenters. The topological polar surface area (TPSA) is 72.7 Å². The van der Waals surface area contributed by atoms with Crippen LogP contribution >= 0.6 is 0 Å². The molecule has 0 aliphatic heterocycles. The molecule has 4 rings (SSSR count). The van der Waals surface area contributed by atoms with Crippen LogP contribution in [0.1, 0.15) is 21.5 Å². The number of aryl methyl sites for hydroxylation is 1. The second-order valence-electron chi connectivity index (χ2n) is 6.52. The molecule has 0 aliphatic carbocycles. The predicted molar refractivity (Wildman–Crippen MR) is 107 cm³/mol. The van der Waals surface area contributed by atoms with E-state index in [1.807, 2.05) is 30.3 Å². The highest BCUT2D eigenvalue weighted by molar-refractivity contribution is 5.97. The Morgan fingerprint density at radius 1 is 0.964 bits per heavy atom. The van der Waals surface area contributed by atoms with Gasteiger partial charge in [0.15, 0.2) is 0 Å². The molecule has 138 valence electrons. The molecule has 1 N–H and O–H groups in total. The average Bonchev–Trinajstić information content (AvgIpc) is 3.27. The Labute approximate surface area is 162 Å². The lowest BCUT2D eigenvalue weighted by atomic mass is 10.0. The van der Waals surface area contributed by atoms with Crippen LogP contribution in [0.25, 0.3) is 16.8 Å². The van der Waals surface area contributed by atoms with Gasteiger partial charge in [0.1, 0.15) is 6.33 Å². The number of nitrogens with one attached hydrogen (secondary N) is 1. The van der Waals surface area contributed by atoms with Crippen LogP contribution in [0.4, 0.5) is 0 Å². The molecule has 0 atom stereocenters. The van der Waals surface area contributed by atoms with Crippen LogP contribution in [0.15, 0.2) is 79.1 Å². The number of benzene rings is 3. The van der Waals surface area contributed by atoms with Crippen LogP contribution < -0.4 is 5.32 Å². The second-order valence-corrected chi connectivity index (χ2v) is 6.52. The van der Waals surface area contributed by atoms with Gasteiger partial charge in [0.05, 0.1) is 11.3 Å². The lowest BCUT2D eigenvalue weighted by Crippen LogP contribution is -2.24. The minimum absolute atomic E-state index is 0.174. The zero-order valence-electron chi connectivity index (χ0n) is 15.4. The lowest BCUT2D eigenvalue weighted by Gasteiger charge is -2.10. The van der Waals surface area contributed by atoms with E-state index >= 15 is 0 Å². The van der Waals surface area contributed by atoms with Crippen molar-refractivity contribution in [3.05, 3.63) is 95.8 Å². The molecule has 0 fully saturated rings. The molecule has 1 aromatic heterocycles. The molecule has 0 spiro atoms. The largest absolute Gasteiger partial charge is 0.348 e. The molecule has 1 heterocycles. The molecule has 28 heavy (non-hydrogen) atoms. The molecular formula is C22H19N5O. The van der Waals surface area contributed by atoms with Gasteiger partial charge in [-0.1, -0.05) is 60.2 Å². The normalized spacial score (nSPS) is 10.6. The van der Waals surface area contributed by atoms with E-state index in [-0.39, 0.29) is 5.91 Å². The van der Waals surface area contributed by atoms with Crippen molar-refractivity contribution in [2.45, 2.75) is 13.5 Å². The number of amides is 1. The van der Waals surface area contributed by atoms with E-state index in [9.17, 15) is 4.79 Å². The van der Waals surface area contributed by atoms with Gasteiger partial charge in [-0.25, -0.2) is 0 Å². The van der Waals surface area contributed by atoms with E-state index < -0.39 is 0 Å². The van der Waals surface area contributed by atoms with Gasteiger partial charge in [0.25, 0.3) is 5.91 Å². The van der Waals surface area contributed by atoms with Gasteiger partial charge < -0.3 is 5.32 Å². The predicted octanol–water partition coefficient (Wildman–Crippen LogP) is 3.57. The maximum Gasteiger partial charge on any atom is 0.253 e. The standard InChI is InChI=1S/C22H19N5O/c1-16-6-4-8-18(12-16)19-9-5-7-17(13-19)14-23-22(28)20-10-2-3-11-21(20)27-15-24-25-26-27/h2-13,15H,14H2,1H3,(H,23,28). The third kappa shape index (κ3) is 3.81. The van der Waals surface area contributed by atoms with Crippen LogP contribution in [0, 0.1) is 6.92 Å². The van der Waals surface area contributed by atoms with E-state index in [0.29, 0.717) is 17.8 Å². The number of aromatic nitrogens is 4. The number of carbonyl (C=O) groups excluding carboxylic acids is 1. The molecular weight excluding hydrogens is 350 g/mol. The maximum atomic E-state index is 12.7. The monoisotopic (exact) mass is 369 g/mol. The summed E-state index contributed by atoms with van der Waals surface area (Å²) in [5.41, 5.74) is 5.70. The van der Waals surface area contributed by atoms with Gasteiger partial charge in [-0.15, -0.1) is 5.10 Å². The van der Waals surface area contributed by atoms with E-state index in [2.05, 4.69) is 64.2 Å². The molecule has 0 saturated heterocycles. The number of rotatable bonds is 5. The lowest BCUT2D eigenvalue weighted by molar-refractivity contribution is 0.0950. The highest BCUT2D eigenvalue weighted by Gasteiger charge is 2.13. The van der Waals surface area contributed by atoms with E-state index in [0.717, 1.165) is 16.7 Å². The third-order valence-corrected chi connectivity index (χ3v) is 4.48. The average molecular weight is 369 g/mol. The van der Waals surface area contributed by atoms with Crippen LogP contribution in [0.3, 0.4) is 0 Å². The minimum atomic E-state index is -0.174. The minimum Gasteiger partial charge on any atom is -0.348 e. The highest BCUT2D eigenvalue weighted by Crippen LogP contribution is 2.21. The Morgan fingerprint density at radius 2 is 1.75 bits per heavy atom. The second kappa shape index (κ2) is 7.84. The van der Waals surface area contributed by atoms with E-state index in [4.69, 9.17) is 0 Å². The molecule has 3 aromatic carbocycles. The SMILES string of the molecule is Cc1cccc(-c2cccc(CNC(=O)c3ccccc3-n3cnnn3)c2)c1. The van der Waals surface area contributed by atoms with Gasteiger partial charge >= 0.3 is 0 Å². The number of tetrazole rings is 1. The Bertz CT molecular complexity index is 1110. The summed E-state index contributed by atoms with van der Waals surface area (Å²) in [7, 11) is 0. The van der Waals surface area contributed by atoms with Gasteiger partial charge in [-0.2, -0.15) is 4.68 Å². The summed E-state index contributed by atoms with van der Waals surface area (Å²) in [5.74, 6) is -0.174. The van der Waals surface area contributed by atoms with Crippen molar-refractivity contribution in [1.82, 2.24) is 25.5 Å². The van der Waals surface area contributed by atoms with Crippen molar-refractivity contribution >= 4 is 5.91 Å². The Hall–Kier alpha value is -3.80. The fourth-order valence-electron chi connectivity index (χ4n) is 3.10. The van der Waals surface area contributed by atoms with Crippen LogP contribution in [-0.4, -0.2) is 26.1 Å². The van der Waals surface area contributed by atoms with Gasteiger partial charge in [0, 0.05) is 6.54 Å². The van der Waals surface area contributed by atoms with Crippen molar-refractivity contribution in [2.75, 3.05) is 0 Å². The summed E-state index contributed by atoms with van der Waals surface area (Å²) >= 11 is 0. The van der Waals surface area contributed by atoms with Crippen LogP contribution in [-0.2, 0) is 6.54 Å². The Balaban J connectivity index is 1.51. The maximum absolute atomic E-state index is 12.7. The summed E-state index contributed by atoms with van der Waals surface area (Å²) < 4.78 is 1.48. The van der Waals surface area contributed by atoms with Crippen LogP contribution in [0.2, 0.25) is 0 Å². The first-order valence-electron chi connectivity index (χ1n) is 8.97. The summed E-state index contributed by atoms with van der Waals surface area (Å²) in [4.78, 5) is 12.7. The molecule has 0 radical (unpaired) electrons. The summed E-state index contributed by atoms with van der Waals surface area (Å²) in [5, 5.41) is 14.1. The van der Waals surface area contributed by atoms with Crippen molar-refractivity contribution in [3.8, 4) is 16.8 Å². The van der Waals surface area contributed by atoms with Crippen molar-refractivity contribution in [3.63, 3.8) is 0 Å². The fourth-order valence-corrected chi connectivity index (χ4v) is 3.10. The van der Waals surface area contributed by atoms with E-state index in [1.165, 1.54) is 16.6 Å². The van der Waals surface area contributed by atoms with Gasteiger partial charge in [0.2, 0.25) is 0 Å². The number of nitrogens with zero attached hydrogens (tertiary/aromatic N) is 4. The molecule has 0 bridgehead atoms. The Morgan fingerprint density at radius 3 is 2.54 bits per heavy atom.